The fourth-order valence-corrected chi connectivity index (χ4v) is 2.69. The van der Waals surface area contributed by atoms with Crippen LogP contribution in [0, 0.1) is 6.92 Å². The first-order valence-electron chi connectivity index (χ1n) is 5.65. The Labute approximate surface area is 101 Å². The summed E-state index contributed by atoms with van der Waals surface area (Å²) in [7, 11) is 0. The van der Waals surface area contributed by atoms with E-state index in [-0.39, 0.29) is 0 Å². The Kier molecular flexibility index (Phi) is 3.75. The lowest BCUT2D eigenvalue weighted by molar-refractivity contribution is 0.727. The number of hydrogen-bond donors (Lipinski definition) is 1. The summed E-state index contributed by atoms with van der Waals surface area (Å²) in [5.41, 5.74) is 4.06. The van der Waals surface area contributed by atoms with E-state index in [9.17, 15) is 0 Å². The Balaban J connectivity index is 2.26. The Hall–Kier alpha value is -1.12. The van der Waals surface area contributed by atoms with Crippen LogP contribution >= 0.6 is 11.3 Å². The second-order valence-electron chi connectivity index (χ2n) is 3.91. The first-order chi connectivity index (χ1) is 7.81. The van der Waals surface area contributed by atoms with Crippen LogP contribution in [0.25, 0.3) is 10.4 Å². The Morgan fingerprint density at radius 1 is 1.25 bits per heavy atom. The van der Waals surface area contributed by atoms with Gasteiger partial charge in [0.15, 0.2) is 0 Å². The lowest BCUT2D eigenvalue weighted by Crippen LogP contribution is -2.11. The van der Waals surface area contributed by atoms with Gasteiger partial charge in [0.1, 0.15) is 0 Å². The molecule has 0 radical (unpaired) electrons. The zero-order valence-corrected chi connectivity index (χ0v) is 10.6. The van der Waals surface area contributed by atoms with Gasteiger partial charge in [0.2, 0.25) is 0 Å². The molecule has 1 heterocycles. The molecule has 2 aromatic rings. The van der Waals surface area contributed by atoms with Gasteiger partial charge >= 0.3 is 0 Å². The van der Waals surface area contributed by atoms with Crippen molar-refractivity contribution in [3.05, 3.63) is 46.8 Å². The third kappa shape index (κ3) is 2.52. The fourth-order valence-electron chi connectivity index (χ4n) is 1.76. The van der Waals surface area contributed by atoms with Crippen molar-refractivity contribution >= 4 is 11.3 Å². The van der Waals surface area contributed by atoms with Gasteiger partial charge in [-0.3, -0.25) is 0 Å². The maximum Gasteiger partial charge on any atom is 0.0371 e. The van der Waals surface area contributed by atoms with Crippen molar-refractivity contribution in [3.8, 4) is 10.4 Å². The van der Waals surface area contributed by atoms with Crippen molar-refractivity contribution in [2.45, 2.75) is 20.4 Å². The van der Waals surface area contributed by atoms with Gasteiger partial charge in [-0.2, -0.15) is 0 Å². The number of rotatable bonds is 4. The first-order valence-corrected chi connectivity index (χ1v) is 6.53. The summed E-state index contributed by atoms with van der Waals surface area (Å²) >= 11 is 1.81. The van der Waals surface area contributed by atoms with Crippen molar-refractivity contribution in [1.29, 1.82) is 0 Å². The average molecular weight is 231 g/mol. The Morgan fingerprint density at radius 2 is 2.12 bits per heavy atom. The molecule has 2 rings (SSSR count). The van der Waals surface area contributed by atoms with Gasteiger partial charge in [0.25, 0.3) is 0 Å². The second kappa shape index (κ2) is 5.28. The zero-order valence-electron chi connectivity index (χ0n) is 9.79. The molecule has 0 saturated heterocycles. The Morgan fingerprint density at radius 3 is 2.81 bits per heavy atom. The van der Waals surface area contributed by atoms with Crippen LogP contribution in [-0.2, 0) is 6.54 Å². The van der Waals surface area contributed by atoms with E-state index in [1.807, 2.05) is 11.3 Å². The van der Waals surface area contributed by atoms with Crippen molar-refractivity contribution in [1.82, 2.24) is 5.32 Å². The molecule has 1 aromatic heterocycles. The van der Waals surface area contributed by atoms with Crippen LogP contribution in [0.4, 0.5) is 0 Å². The first kappa shape index (κ1) is 11.4. The van der Waals surface area contributed by atoms with Crippen LogP contribution in [0.5, 0.6) is 0 Å². The van der Waals surface area contributed by atoms with E-state index < -0.39 is 0 Å². The maximum absolute atomic E-state index is 3.36. The van der Waals surface area contributed by atoms with Crippen molar-refractivity contribution in [2.24, 2.45) is 0 Å². The molecule has 2 heteroatoms. The smallest absolute Gasteiger partial charge is 0.0371 e. The molecule has 0 saturated carbocycles. The lowest BCUT2D eigenvalue weighted by Gasteiger charge is -2.05. The van der Waals surface area contributed by atoms with Crippen LogP contribution in [0.15, 0.2) is 35.7 Å². The molecule has 0 aliphatic rings. The number of hydrogen-bond acceptors (Lipinski definition) is 2. The summed E-state index contributed by atoms with van der Waals surface area (Å²) in [4.78, 5) is 1.39. The number of benzene rings is 1. The van der Waals surface area contributed by atoms with Crippen molar-refractivity contribution in [3.63, 3.8) is 0 Å². The number of thiophene rings is 1. The van der Waals surface area contributed by atoms with E-state index in [1.54, 1.807) is 0 Å². The summed E-state index contributed by atoms with van der Waals surface area (Å²) < 4.78 is 0. The lowest BCUT2D eigenvalue weighted by atomic mass is 10.1. The van der Waals surface area contributed by atoms with E-state index in [0.717, 1.165) is 13.1 Å². The highest BCUT2D eigenvalue weighted by Crippen LogP contribution is 2.29. The van der Waals surface area contributed by atoms with Gasteiger partial charge in [0.05, 0.1) is 0 Å². The highest BCUT2D eigenvalue weighted by atomic mass is 32.1. The maximum atomic E-state index is 3.36. The van der Waals surface area contributed by atoms with Gasteiger partial charge < -0.3 is 5.32 Å². The van der Waals surface area contributed by atoms with E-state index in [1.165, 1.54) is 21.6 Å². The molecule has 0 fully saturated rings. The predicted molar refractivity (Wildman–Crippen MR) is 71.9 cm³/mol. The number of nitrogens with one attached hydrogen (secondary N) is 1. The van der Waals surface area contributed by atoms with Crippen LogP contribution in [0.3, 0.4) is 0 Å². The van der Waals surface area contributed by atoms with Crippen LogP contribution in [0.1, 0.15) is 18.1 Å². The normalized spacial score (nSPS) is 10.6. The summed E-state index contributed by atoms with van der Waals surface area (Å²) in [6, 6.07) is 11.0. The Bertz CT molecular complexity index is 459. The van der Waals surface area contributed by atoms with Gasteiger partial charge in [-0.05, 0) is 47.7 Å². The van der Waals surface area contributed by atoms with E-state index in [4.69, 9.17) is 0 Å². The van der Waals surface area contributed by atoms with Crippen LogP contribution in [-0.4, -0.2) is 6.54 Å². The molecule has 0 aliphatic heterocycles. The third-order valence-corrected chi connectivity index (χ3v) is 3.70. The van der Waals surface area contributed by atoms with E-state index in [0.29, 0.717) is 0 Å². The van der Waals surface area contributed by atoms with Gasteiger partial charge in [0, 0.05) is 11.4 Å². The predicted octanol–water partition coefficient (Wildman–Crippen LogP) is 3.83. The van der Waals surface area contributed by atoms with Crippen LogP contribution in [0.2, 0.25) is 0 Å². The highest BCUT2D eigenvalue weighted by Gasteiger charge is 2.03. The quantitative estimate of drug-likeness (QED) is 0.843. The molecule has 1 N–H and O–H groups in total. The second-order valence-corrected chi connectivity index (χ2v) is 4.83. The minimum atomic E-state index is 0.953. The molecule has 0 unspecified atom stereocenters. The molecule has 0 aliphatic carbocycles. The minimum absolute atomic E-state index is 0.953. The molecule has 0 atom stereocenters. The minimum Gasteiger partial charge on any atom is -0.313 e. The van der Waals surface area contributed by atoms with Crippen molar-refractivity contribution in [2.75, 3.05) is 6.54 Å². The summed E-state index contributed by atoms with van der Waals surface area (Å²) in [5, 5.41) is 5.51. The average Bonchev–Trinajstić information content (AvgIpc) is 2.73. The van der Waals surface area contributed by atoms with Gasteiger partial charge in [-0.15, -0.1) is 11.3 Å². The monoisotopic (exact) mass is 231 g/mol. The van der Waals surface area contributed by atoms with Crippen molar-refractivity contribution < 1.29 is 0 Å². The molecular weight excluding hydrogens is 214 g/mol. The molecule has 0 spiro atoms. The fraction of sp³-hybridized carbons (Fsp3) is 0.286. The molecule has 0 bridgehead atoms. The molecule has 1 aromatic carbocycles. The SMILES string of the molecule is CCNCc1cccc(-c2sccc2C)c1. The largest absolute Gasteiger partial charge is 0.313 e. The van der Waals surface area contributed by atoms with E-state index in [2.05, 4.69) is 54.9 Å². The third-order valence-electron chi connectivity index (χ3n) is 2.63. The topological polar surface area (TPSA) is 12.0 Å². The number of aryl methyl sites for hydroxylation is 1. The van der Waals surface area contributed by atoms with Gasteiger partial charge in [-0.1, -0.05) is 25.1 Å². The molecule has 16 heavy (non-hydrogen) atoms. The summed E-state index contributed by atoms with van der Waals surface area (Å²) in [6.45, 7) is 6.27. The standard InChI is InChI=1S/C14H17NS/c1-3-15-10-12-5-4-6-13(9-12)14-11(2)7-8-16-14/h4-9,15H,3,10H2,1-2H3. The van der Waals surface area contributed by atoms with Gasteiger partial charge in [-0.25, -0.2) is 0 Å². The molecule has 0 amide bonds. The van der Waals surface area contributed by atoms with E-state index >= 15 is 0 Å². The zero-order chi connectivity index (χ0) is 11.4. The molecular formula is C14H17NS. The summed E-state index contributed by atoms with van der Waals surface area (Å²) in [5.74, 6) is 0. The highest BCUT2D eigenvalue weighted by molar-refractivity contribution is 7.13. The molecule has 84 valence electrons. The van der Waals surface area contributed by atoms with Crippen LogP contribution < -0.4 is 5.32 Å². The summed E-state index contributed by atoms with van der Waals surface area (Å²) in [6.07, 6.45) is 0. The molecule has 1 nitrogen and oxygen atoms in total.